The van der Waals surface area contributed by atoms with Gasteiger partial charge in [-0.2, -0.15) is 0 Å². The van der Waals surface area contributed by atoms with Crippen LogP contribution in [0.2, 0.25) is 0 Å². The van der Waals surface area contributed by atoms with Gasteiger partial charge >= 0.3 is 0 Å². The first-order valence-corrected chi connectivity index (χ1v) is 11.3. The maximum atomic E-state index is 14.2. The zero-order valence-electron chi connectivity index (χ0n) is 18.8. The molecule has 3 aromatic rings. The molecule has 0 fully saturated rings. The summed E-state index contributed by atoms with van der Waals surface area (Å²) in [5.41, 5.74) is 4.03. The lowest BCUT2D eigenvalue weighted by Gasteiger charge is -2.32. The zero-order valence-corrected chi connectivity index (χ0v) is 20.3. The standard InChI is InChI=1S/C27H23BrFNO3/c1-15-5-7-17(8-6-15)22-14-27(3,4)33-25-21(22)11-18(12-23(25)28)26(32)30-19-9-10-20(16(2)31)24(29)13-19/h5-14H,1-4H3,(H,30,32). The Labute approximate surface area is 200 Å². The second-order valence-electron chi connectivity index (χ2n) is 8.67. The van der Waals surface area contributed by atoms with Gasteiger partial charge in [0.2, 0.25) is 0 Å². The second-order valence-corrected chi connectivity index (χ2v) is 9.52. The third-order valence-corrected chi connectivity index (χ3v) is 6.01. The van der Waals surface area contributed by atoms with Crippen molar-refractivity contribution >= 4 is 38.9 Å². The van der Waals surface area contributed by atoms with Crippen LogP contribution in [0.4, 0.5) is 10.1 Å². The number of benzene rings is 3. The highest BCUT2D eigenvalue weighted by molar-refractivity contribution is 9.10. The fourth-order valence-electron chi connectivity index (χ4n) is 3.80. The van der Waals surface area contributed by atoms with Crippen molar-refractivity contribution in [3.05, 3.63) is 98.8 Å². The third-order valence-electron chi connectivity index (χ3n) is 5.42. The minimum atomic E-state index is -0.674. The molecule has 0 radical (unpaired) electrons. The summed E-state index contributed by atoms with van der Waals surface area (Å²) < 4.78 is 21.0. The maximum Gasteiger partial charge on any atom is 0.255 e. The van der Waals surface area contributed by atoms with E-state index in [0.29, 0.717) is 15.8 Å². The number of hydrogen-bond acceptors (Lipinski definition) is 3. The van der Waals surface area contributed by atoms with E-state index in [4.69, 9.17) is 4.74 Å². The lowest BCUT2D eigenvalue weighted by molar-refractivity contribution is 0.101. The summed E-state index contributed by atoms with van der Waals surface area (Å²) in [6.45, 7) is 7.29. The number of hydrogen-bond donors (Lipinski definition) is 1. The van der Waals surface area contributed by atoms with Crippen LogP contribution in [0.3, 0.4) is 0 Å². The van der Waals surface area contributed by atoms with E-state index in [1.807, 2.05) is 51.1 Å². The van der Waals surface area contributed by atoms with E-state index in [1.165, 1.54) is 19.1 Å². The first-order valence-electron chi connectivity index (χ1n) is 10.5. The van der Waals surface area contributed by atoms with Gasteiger partial charge < -0.3 is 10.1 Å². The predicted octanol–water partition coefficient (Wildman–Crippen LogP) is 6.95. The van der Waals surface area contributed by atoms with Crippen molar-refractivity contribution in [1.29, 1.82) is 0 Å². The van der Waals surface area contributed by atoms with Crippen molar-refractivity contribution in [1.82, 2.24) is 0 Å². The fourth-order valence-corrected chi connectivity index (χ4v) is 4.34. The zero-order chi connectivity index (χ0) is 23.9. The Bertz CT molecular complexity index is 1310. The first-order chi connectivity index (χ1) is 15.5. The molecule has 33 heavy (non-hydrogen) atoms. The number of fused-ring (bicyclic) bond motifs is 1. The summed E-state index contributed by atoms with van der Waals surface area (Å²) in [4.78, 5) is 24.5. The minimum Gasteiger partial charge on any atom is -0.482 e. The minimum absolute atomic E-state index is 0.0165. The summed E-state index contributed by atoms with van der Waals surface area (Å²) in [6, 6.07) is 15.7. The molecule has 3 aromatic carbocycles. The maximum absolute atomic E-state index is 14.2. The number of Topliss-reactive ketones (excluding diaryl/α,β-unsaturated/α-hetero) is 1. The monoisotopic (exact) mass is 507 g/mol. The summed E-state index contributed by atoms with van der Waals surface area (Å²) in [6.07, 6.45) is 2.05. The molecule has 0 saturated heterocycles. The van der Waals surface area contributed by atoms with Crippen LogP contribution in [-0.2, 0) is 0 Å². The molecule has 1 heterocycles. The van der Waals surface area contributed by atoms with Gasteiger partial charge in [0.1, 0.15) is 17.2 Å². The number of anilines is 1. The Morgan fingerprint density at radius 2 is 1.73 bits per heavy atom. The smallest absolute Gasteiger partial charge is 0.255 e. The van der Waals surface area contributed by atoms with Crippen LogP contribution in [0.5, 0.6) is 5.75 Å². The largest absolute Gasteiger partial charge is 0.482 e. The van der Waals surface area contributed by atoms with Crippen molar-refractivity contribution in [2.24, 2.45) is 0 Å². The van der Waals surface area contributed by atoms with Crippen LogP contribution in [0, 0.1) is 12.7 Å². The lowest BCUT2D eigenvalue weighted by atomic mass is 9.88. The Kier molecular flexibility index (Phi) is 5.97. The molecule has 168 valence electrons. The molecule has 1 amide bonds. The molecule has 4 rings (SSSR count). The number of ketones is 1. The molecular formula is C27H23BrFNO3. The van der Waals surface area contributed by atoms with E-state index in [-0.39, 0.29) is 17.0 Å². The first kappa shape index (κ1) is 22.9. The van der Waals surface area contributed by atoms with Gasteiger partial charge in [0, 0.05) is 16.8 Å². The SMILES string of the molecule is CC(=O)c1ccc(NC(=O)c2cc(Br)c3c(c2)C(c2ccc(C)cc2)=CC(C)(C)O3)cc1F. The van der Waals surface area contributed by atoms with Gasteiger partial charge in [-0.1, -0.05) is 29.8 Å². The van der Waals surface area contributed by atoms with Crippen LogP contribution in [0.15, 0.2) is 65.1 Å². The van der Waals surface area contributed by atoms with E-state index in [9.17, 15) is 14.0 Å². The number of carbonyl (C=O) groups excluding carboxylic acids is 2. The van der Waals surface area contributed by atoms with Gasteiger partial charge in [-0.25, -0.2) is 4.39 Å². The van der Waals surface area contributed by atoms with E-state index < -0.39 is 17.3 Å². The van der Waals surface area contributed by atoms with Crippen molar-refractivity contribution in [3.63, 3.8) is 0 Å². The van der Waals surface area contributed by atoms with E-state index in [0.717, 1.165) is 28.3 Å². The highest BCUT2D eigenvalue weighted by atomic mass is 79.9. The topological polar surface area (TPSA) is 55.4 Å². The van der Waals surface area contributed by atoms with E-state index in [1.54, 1.807) is 12.1 Å². The van der Waals surface area contributed by atoms with Gasteiger partial charge in [-0.3, -0.25) is 9.59 Å². The number of aryl methyl sites for hydroxylation is 1. The average molecular weight is 508 g/mol. The molecule has 1 N–H and O–H groups in total. The summed E-state index contributed by atoms with van der Waals surface area (Å²) in [5, 5.41) is 2.71. The van der Waals surface area contributed by atoms with Crippen molar-refractivity contribution in [2.75, 3.05) is 5.32 Å². The van der Waals surface area contributed by atoms with Crippen LogP contribution in [-0.4, -0.2) is 17.3 Å². The molecule has 0 aromatic heterocycles. The molecule has 1 aliphatic heterocycles. The molecule has 0 bridgehead atoms. The molecule has 0 unspecified atom stereocenters. The summed E-state index contributed by atoms with van der Waals surface area (Å²) in [7, 11) is 0. The third kappa shape index (κ3) is 4.76. The van der Waals surface area contributed by atoms with Crippen LogP contribution < -0.4 is 10.1 Å². The van der Waals surface area contributed by atoms with Gasteiger partial charge in [0.25, 0.3) is 5.91 Å². The molecular weight excluding hydrogens is 485 g/mol. The molecule has 4 nitrogen and oxygen atoms in total. The van der Waals surface area contributed by atoms with Gasteiger partial charge in [-0.05, 0) is 91.2 Å². The number of carbonyl (C=O) groups is 2. The lowest BCUT2D eigenvalue weighted by Crippen LogP contribution is -2.29. The Morgan fingerprint density at radius 1 is 1.03 bits per heavy atom. The van der Waals surface area contributed by atoms with Crippen LogP contribution in [0.25, 0.3) is 5.57 Å². The second kappa shape index (κ2) is 8.60. The van der Waals surface area contributed by atoms with Crippen LogP contribution >= 0.6 is 15.9 Å². The summed E-state index contributed by atoms with van der Waals surface area (Å²) in [5.74, 6) is -0.789. The van der Waals surface area contributed by atoms with Crippen molar-refractivity contribution in [2.45, 2.75) is 33.3 Å². The number of nitrogens with one attached hydrogen (secondary N) is 1. The summed E-state index contributed by atoms with van der Waals surface area (Å²) >= 11 is 3.56. The van der Waals surface area contributed by atoms with Gasteiger partial charge in [-0.15, -0.1) is 0 Å². The van der Waals surface area contributed by atoms with Gasteiger partial charge in [0.05, 0.1) is 10.0 Å². The highest BCUT2D eigenvalue weighted by Gasteiger charge is 2.30. The molecule has 0 aliphatic carbocycles. The molecule has 0 atom stereocenters. The van der Waals surface area contributed by atoms with Crippen molar-refractivity contribution in [3.8, 4) is 5.75 Å². The van der Waals surface area contributed by atoms with Crippen molar-refractivity contribution < 1.29 is 18.7 Å². The normalized spacial score (nSPS) is 14.1. The predicted molar refractivity (Wildman–Crippen MR) is 131 cm³/mol. The van der Waals surface area contributed by atoms with E-state index >= 15 is 0 Å². The van der Waals surface area contributed by atoms with Crippen LogP contribution in [0.1, 0.15) is 58.2 Å². The quantitative estimate of drug-likeness (QED) is 0.388. The Morgan fingerprint density at radius 3 is 2.36 bits per heavy atom. The number of halogens is 2. The highest BCUT2D eigenvalue weighted by Crippen LogP contribution is 2.44. The Balaban J connectivity index is 1.72. The number of ether oxygens (including phenoxy) is 1. The molecule has 6 heteroatoms. The van der Waals surface area contributed by atoms with Gasteiger partial charge in [0.15, 0.2) is 5.78 Å². The number of amides is 1. The molecule has 1 aliphatic rings. The fraction of sp³-hybridized carbons (Fsp3) is 0.185. The van der Waals surface area contributed by atoms with E-state index in [2.05, 4.69) is 21.2 Å². The Hall–Kier alpha value is -3.25. The number of rotatable bonds is 4. The average Bonchev–Trinajstić information content (AvgIpc) is 2.73. The molecule has 0 saturated carbocycles. The molecule has 0 spiro atoms.